The Hall–Kier alpha value is -2.62. The molecule has 1 saturated heterocycles. The van der Waals surface area contributed by atoms with E-state index in [1.54, 1.807) is 0 Å². The van der Waals surface area contributed by atoms with Crippen molar-refractivity contribution < 1.29 is 63.8 Å². The summed E-state index contributed by atoms with van der Waals surface area (Å²) in [6.45, 7) is 2.09. The van der Waals surface area contributed by atoms with Crippen LogP contribution in [-0.4, -0.2) is 109 Å². The Morgan fingerprint density at radius 3 is 1.68 bits per heavy atom. The SMILES string of the molecule is COC(=O)C1(O)O[C@@H]([C@H](O)[C@H](O)CO)[C@@](NC(C)=O)(C(C)=O)[C@](O)(C(C)=O)C1(C(C)=O)C(C)=O. The van der Waals surface area contributed by atoms with Crippen LogP contribution in [0.2, 0.25) is 0 Å². The average Bonchev–Trinajstić information content (AvgIpc) is 2.72. The normalized spacial score (nSPS) is 32.1. The molecule has 1 rings (SSSR count). The average molecular weight is 491 g/mol. The molecule has 1 aliphatic heterocycles. The first-order valence-electron chi connectivity index (χ1n) is 9.92. The van der Waals surface area contributed by atoms with Gasteiger partial charge < -0.3 is 40.3 Å². The minimum Gasteiger partial charge on any atom is -0.465 e. The van der Waals surface area contributed by atoms with Crippen molar-refractivity contribution in [2.24, 2.45) is 5.41 Å². The summed E-state index contributed by atoms with van der Waals surface area (Å²) in [5.74, 6) is -13.0. The first-order chi connectivity index (χ1) is 15.4. The molecular formula is C20H29NO13. The summed E-state index contributed by atoms with van der Waals surface area (Å²) in [6.07, 6.45) is -7.29. The number of carbonyl (C=O) groups is 6. The van der Waals surface area contributed by atoms with E-state index in [1.165, 1.54) is 0 Å². The van der Waals surface area contributed by atoms with Gasteiger partial charge in [0.15, 0.2) is 39.7 Å². The van der Waals surface area contributed by atoms with Crippen molar-refractivity contribution in [3.63, 3.8) is 0 Å². The summed E-state index contributed by atoms with van der Waals surface area (Å²) in [7, 11) is 0.691. The number of hydrogen-bond donors (Lipinski definition) is 6. The van der Waals surface area contributed by atoms with Crippen LogP contribution < -0.4 is 5.32 Å². The molecule has 0 spiro atoms. The van der Waals surface area contributed by atoms with Crippen molar-refractivity contribution in [2.45, 2.75) is 69.9 Å². The number of hydrogen-bond acceptors (Lipinski definition) is 13. The Labute approximate surface area is 193 Å². The minimum absolute atomic E-state index is 0.592. The molecule has 1 heterocycles. The molecule has 1 amide bonds. The summed E-state index contributed by atoms with van der Waals surface area (Å²) in [5.41, 5.74) is -10.7. The highest BCUT2D eigenvalue weighted by molar-refractivity contribution is 6.19. The van der Waals surface area contributed by atoms with Crippen LogP contribution >= 0.6 is 0 Å². The predicted molar refractivity (Wildman–Crippen MR) is 108 cm³/mol. The van der Waals surface area contributed by atoms with Gasteiger partial charge in [-0.1, -0.05) is 0 Å². The number of esters is 1. The van der Waals surface area contributed by atoms with Gasteiger partial charge in [0.2, 0.25) is 5.91 Å². The second kappa shape index (κ2) is 9.56. The summed E-state index contributed by atoms with van der Waals surface area (Å²) in [6, 6.07) is 0. The van der Waals surface area contributed by atoms with Crippen LogP contribution in [0.1, 0.15) is 34.6 Å². The number of aliphatic hydroxyl groups is 5. The molecule has 192 valence electrons. The molecule has 34 heavy (non-hydrogen) atoms. The molecule has 14 heteroatoms. The molecule has 0 radical (unpaired) electrons. The van der Waals surface area contributed by atoms with E-state index in [-0.39, 0.29) is 0 Å². The predicted octanol–water partition coefficient (Wildman–Crippen LogP) is -4.09. The topological polar surface area (TPSA) is 234 Å². The smallest absolute Gasteiger partial charge is 0.368 e. The van der Waals surface area contributed by atoms with Gasteiger partial charge in [0, 0.05) is 6.92 Å². The Balaban J connectivity index is 4.54. The maximum Gasteiger partial charge on any atom is 0.368 e. The molecule has 0 bridgehead atoms. The number of rotatable bonds is 9. The van der Waals surface area contributed by atoms with Crippen LogP contribution in [0.3, 0.4) is 0 Å². The molecule has 0 aromatic carbocycles. The van der Waals surface area contributed by atoms with E-state index < -0.39 is 82.3 Å². The number of Topliss-reactive ketones (excluding diaryl/α,β-unsaturated/α-hetero) is 4. The second-order valence-electron chi connectivity index (χ2n) is 8.09. The largest absolute Gasteiger partial charge is 0.465 e. The first-order valence-corrected chi connectivity index (χ1v) is 9.92. The van der Waals surface area contributed by atoms with Crippen LogP contribution in [-0.2, 0) is 38.2 Å². The summed E-state index contributed by atoms with van der Waals surface area (Å²) in [5, 5.41) is 55.3. The fraction of sp³-hybridized carbons (Fsp3) is 0.700. The van der Waals surface area contributed by atoms with Crippen LogP contribution in [0.4, 0.5) is 0 Å². The van der Waals surface area contributed by atoms with Crippen LogP contribution in [0, 0.1) is 5.41 Å². The molecule has 0 saturated carbocycles. The zero-order valence-electron chi connectivity index (χ0n) is 19.4. The summed E-state index contributed by atoms with van der Waals surface area (Å²) < 4.78 is 9.68. The van der Waals surface area contributed by atoms with E-state index in [1.807, 2.05) is 5.32 Å². The van der Waals surface area contributed by atoms with Gasteiger partial charge in [0.25, 0.3) is 5.79 Å². The lowest BCUT2D eigenvalue weighted by molar-refractivity contribution is -0.359. The van der Waals surface area contributed by atoms with Gasteiger partial charge >= 0.3 is 5.97 Å². The number of methoxy groups -OCH3 is 1. The number of ketones is 4. The molecule has 14 nitrogen and oxygen atoms in total. The van der Waals surface area contributed by atoms with Crippen LogP contribution in [0.25, 0.3) is 0 Å². The lowest BCUT2D eigenvalue weighted by atomic mass is 9.48. The Morgan fingerprint density at radius 1 is 0.912 bits per heavy atom. The van der Waals surface area contributed by atoms with Gasteiger partial charge in [-0.2, -0.15) is 0 Å². The highest BCUT2D eigenvalue weighted by atomic mass is 16.7. The number of ether oxygens (including phenoxy) is 2. The van der Waals surface area contributed by atoms with Crippen molar-refractivity contribution in [1.29, 1.82) is 0 Å². The minimum atomic E-state index is -3.86. The lowest BCUT2D eigenvalue weighted by Gasteiger charge is -2.63. The zero-order chi connectivity index (χ0) is 27.0. The van der Waals surface area contributed by atoms with Crippen molar-refractivity contribution in [1.82, 2.24) is 5.32 Å². The fourth-order valence-electron chi connectivity index (χ4n) is 4.84. The van der Waals surface area contributed by atoms with Crippen molar-refractivity contribution in [2.75, 3.05) is 13.7 Å². The summed E-state index contributed by atoms with van der Waals surface area (Å²) in [4.78, 5) is 77.2. The van der Waals surface area contributed by atoms with E-state index in [2.05, 4.69) is 4.74 Å². The van der Waals surface area contributed by atoms with Gasteiger partial charge in [-0.3, -0.25) is 24.0 Å². The Bertz CT molecular complexity index is 902. The van der Waals surface area contributed by atoms with E-state index >= 15 is 0 Å². The molecule has 0 aliphatic carbocycles. The first kappa shape index (κ1) is 29.4. The Morgan fingerprint density at radius 2 is 1.38 bits per heavy atom. The molecule has 0 aromatic heterocycles. The van der Waals surface area contributed by atoms with E-state index in [9.17, 15) is 54.3 Å². The third kappa shape index (κ3) is 3.49. The van der Waals surface area contributed by atoms with Crippen molar-refractivity contribution in [3.05, 3.63) is 0 Å². The van der Waals surface area contributed by atoms with Gasteiger partial charge in [-0.05, 0) is 27.7 Å². The number of carbonyl (C=O) groups excluding carboxylic acids is 6. The standard InChI is InChI=1S/C20H29NO13/c1-8(23)17(9(2)24)19(31,11(4)26)18(10(3)25,21-12(5)27)15(14(29)13(28)7-22)34-20(17,32)16(30)33-6/h13-15,22,28-29,31-32H,7H2,1-6H3,(H,21,27)/t13-,14-,15+,18+,19+,20?/m1/s1. The number of aliphatic hydroxyl groups excluding tert-OH is 3. The van der Waals surface area contributed by atoms with Crippen molar-refractivity contribution >= 4 is 35.0 Å². The highest BCUT2D eigenvalue weighted by Gasteiger charge is 2.87. The van der Waals surface area contributed by atoms with Crippen LogP contribution in [0.5, 0.6) is 0 Å². The van der Waals surface area contributed by atoms with Gasteiger partial charge in [0.1, 0.15) is 18.3 Å². The third-order valence-corrected chi connectivity index (χ3v) is 6.19. The van der Waals surface area contributed by atoms with Gasteiger partial charge in [-0.25, -0.2) is 4.79 Å². The summed E-state index contributed by atoms with van der Waals surface area (Å²) >= 11 is 0. The molecule has 6 atom stereocenters. The Kier molecular flexibility index (Phi) is 8.27. The highest BCUT2D eigenvalue weighted by Crippen LogP contribution is 2.57. The molecule has 0 aromatic rings. The zero-order valence-corrected chi connectivity index (χ0v) is 19.4. The van der Waals surface area contributed by atoms with E-state index in [4.69, 9.17) is 4.74 Å². The van der Waals surface area contributed by atoms with Crippen molar-refractivity contribution in [3.8, 4) is 0 Å². The molecule has 1 fully saturated rings. The second-order valence-corrected chi connectivity index (χ2v) is 8.09. The van der Waals surface area contributed by atoms with E-state index in [0.29, 0.717) is 34.8 Å². The van der Waals surface area contributed by atoms with Crippen LogP contribution in [0.15, 0.2) is 0 Å². The molecule has 1 unspecified atom stereocenters. The van der Waals surface area contributed by atoms with E-state index in [0.717, 1.165) is 6.92 Å². The van der Waals surface area contributed by atoms with Gasteiger partial charge in [0.05, 0.1) is 13.7 Å². The third-order valence-electron chi connectivity index (χ3n) is 6.19. The fourth-order valence-corrected chi connectivity index (χ4v) is 4.84. The lowest BCUT2D eigenvalue weighted by Crippen LogP contribution is -2.93. The number of nitrogens with one attached hydrogen (secondary N) is 1. The number of amides is 1. The monoisotopic (exact) mass is 491 g/mol. The quantitative estimate of drug-likeness (QED) is 0.133. The molecule has 1 aliphatic rings. The maximum absolute atomic E-state index is 13.1. The molecule has 6 N–H and O–H groups in total. The molecular weight excluding hydrogens is 462 g/mol. The van der Waals surface area contributed by atoms with Gasteiger partial charge in [-0.15, -0.1) is 0 Å². The maximum atomic E-state index is 13.1.